The Kier molecular flexibility index (Phi) is 10.7. The highest BCUT2D eigenvalue weighted by Gasteiger charge is 2.20. The Bertz CT molecular complexity index is 796. The van der Waals surface area contributed by atoms with Crippen molar-refractivity contribution in [3.63, 3.8) is 0 Å². The number of aliphatic imine (C=N–C) groups is 1. The highest BCUT2D eigenvalue weighted by atomic mass is 127. The van der Waals surface area contributed by atoms with E-state index in [9.17, 15) is 17.2 Å². The summed E-state index contributed by atoms with van der Waals surface area (Å²) in [6, 6.07) is 2.89. The van der Waals surface area contributed by atoms with Gasteiger partial charge in [-0.25, -0.2) is 18.1 Å². The summed E-state index contributed by atoms with van der Waals surface area (Å²) < 4.78 is 65.6. The largest absolute Gasteiger partial charge is 0.454 e. The van der Waals surface area contributed by atoms with Crippen molar-refractivity contribution in [3.05, 3.63) is 17.7 Å². The third-order valence-corrected chi connectivity index (χ3v) is 5.05. The normalized spacial score (nSPS) is 13.2. The van der Waals surface area contributed by atoms with Crippen LogP contribution in [-0.4, -0.2) is 53.2 Å². The maximum atomic E-state index is 12.7. The molecule has 0 fully saturated rings. The highest BCUT2D eigenvalue weighted by molar-refractivity contribution is 14.0. The molecule has 0 saturated carbocycles. The molecular weight excluding hydrogens is 525 g/mol. The summed E-state index contributed by atoms with van der Waals surface area (Å²) in [6.07, 6.45) is 0. The third-order valence-electron chi connectivity index (χ3n) is 3.64. The monoisotopic (exact) mass is 550 g/mol. The van der Waals surface area contributed by atoms with Crippen molar-refractivity contribution >= 4 is 40.0 Å². The second-order valence-electron chi connectivity index (χ2n) is 5.61. The molecule has 0 aliphatic carbocycles. The standard InChI is InChI=1S/C16H24F2N4O5S.HI/c1-3-19-16(20-5-6-22-28(23,24)4-2)21-9-11-7-13-14(26-10-25-13)8-12(11)27-15(17)18;/h7-8,15,22H,3-6,9-10H2,1-2H3,(H2,19,20,21);1H. The van der Waals surface area contributed by atoms with Crippen LogP contribution in [0.25, 0.3) is 0 Å². The lowest BCUT2D eigenvalue weighted by molar-refractivity contribution is -0.0505. The number of halogens is 3. The molecule has 0 saturated heterocycles. The van der Waals surface area contributed by atoms with Crippen molar-refractivity contribution in [3.8, 4) is 17.2 Å². The third kappa shape index (κ3) is 8.34. The van der Waals surface area contributed by atoms with Crippen LogP contribution >= 0.6 is 24.0 Å². The molecule has 0 amide bonds. The fourth-order valence-electron chi connectivity index (χ4n) is 2.29. The summed E-state index contributed by atoms with van der Waals surface area (Å²) >= 11 is 0. The SMILES string of the molecule is CCNC(=NCc1cc2c(cc1OC(F)F)OCO2)NCCNS(=O)(=O)CC.I. The van der Waals surface area contributed by atoms with Crippen LogP contribution in [0.2, 0.25) is 0 Å². The highest BCUT2D eigenvalue weighted by Crippen LogP contribution is 2.38. The first-order valence-electron chi connectivity index (χ1n) is 8.71. The average Bonchev–Trinajstić information content (AvgIpc) is 3.09. The van der Waals surface area contributed by atoms with E-state index in [0.717, 1.165) is 0 Å². The summed E-state index contributed by atoms with van der Waals surface area (Å²) in [4.78, 5) is 4.33. The zero-order chi connectivity index (χ0) is 20.6. The Morgan fingerprint density at radius 2 is 1.90 bits per heavy atom. The van der Waals surface area contributed by atoms with E-state index in [4.69, 9.17) is 9.47 Å². The van der Waals surface area contributed by atoms with Crippen LogP contribution in [0.4, 0.5) is 8.78 Å². The molecule has 1 aliphatic heterocycles. The molecule has 0 spiro atoms. The van der Waals surface area contributed by atoms with Crippen LogP contribution in [0.5, 0.6) is 17.2 Å². The zero-order valence-electron chi connectivity index (χ0n) is 16.0. The van der Waals surface area contributed by atoms with Gasteiger partial charge in [-0.2, -0.15) is 8.78 Å². The van der Waals surface area contributed by atoms with Crippen molar-refractivity contribution in [2.75, 3.05) is 32.2 Å². The summed E-state index contributed by atoms with van der Waals surface area (Å²) in [5, 5.41) is 5.96. The topological polar surface area (TPSA) is 110 Å². The predicted molar refractivity (Wildman–Crippen MR) is 115 cm³/mol. The Hall–Kier alpha value is -1.61. The Balaban J connectivity index is 0.00000420. The summed E-state index contributed by atoms with van der Waals surface area (Å²) in [7, 11) is -3.27. The molecular formula is C16H25F2IN4O5S. The minimum Gasteiger partial charge on any atom is -0.454 e. The molecule has 0 bridgehead atoms. The molecule has 0 atom stereocenters. The fourth-order valence-corrected chi connectivity index (χ4v) is 2.91. The van der Waals surface area contributed by atoms with Gasteiger partial charge in [-0.1, -0.05) is 0 Å². The number of rotatable bonds is 10. The predicted octanol–water partition coefficient (Wildman–Crippen LogP) is 1.63. The lowest BCUT2D eigenvalue weighted by atomic mass is 10.1. The van der Waals surface area contributed by atoms with Gasteiger partial charge in [0.2, 0.25) is 16.8 Å². The number of guanidine groups is 1. The molecule has 1 aromatic carbocycles. The number of sulfonamides is 1. The number of fused-ring (bicyclic) bond motifs is 1. The van der Waals surface area contributed by atoms with E-state index in [-0.39, 0.29) is 55.4 Å². The fraction of sp³-hybridized carbons (Fsp3) is 0.562. The van der Waals surface area contributed by atoms with Gasteiger partial charge >= 0.3 is 6.61 Å². The van der Waals surface area contributed by atoms with Crippen molar-refractivity contribution in [2.45, 2.75) is 27.0 Å². The summed E-state index contributed by atoms with van der Waals surface area (Å²) in [5.74, 6) is 1.11. The van der Waals surface area contributed by atoms with Gasteiger partial charge in [0.15, 0.2) is 17.5 Å². The smallest absolute Gasteiger partial charge is 0.387 e. The van der Waals surface area contributed by atoms with Gasteiger partial charge in [-0.15, -0.1) is 24.0 Å². The van der Waals surface area contributed by atoms with E-state index in [1.165, 1.54) is 6.07 Å². The second-order valence-corrected chi connectivity index (χ2v) is 7.71. The van der Waals surface area contributed by atoms with Gasteiger partial charge in [0.05, 0.1) is 12.3 Å². The minimum atomic E-state index is -3.27. The molecule has 1 aromatic rings. The molecule has 0 aromatic heterocycles. The van der Waals surface area contributed by atoms with Crippen LogP contribution in [0.1, 0.15) is 19.4 Å². The van der Waals surface area contributed by atoms with E-state index < -0.39 is 16.6 Å². The van der Waals surface area contributed by atoms with E-state index in [0.29, 0.717) is 36.1 Å². The Labute approximate surface area is 185 Å². The number of hydrogen-bond acceptors (Lipinski definition) is 6. The molecule has 9 nitrogen and oxygen atoms in total. The molecule has 2 rings (SSSR count). The molecule has 29 heavy (non-hydrogen) atoms. The lowest BCUT2D eigenvalue weighted by Gasteiger charge is -2.13. The zero-order valence-corrected chi connectivity index (χ0v) is 19.2. The molecule has 1 aliphatic rings. The maximum Gasteiger partial charge on any atom is 0.387 e. The maximum absolute atomic E-state index is 12.7. The van der Waals surface area contributed by atoms with E-state index in [1.807, 2.05) is 6.92 Å². The Morgan fingerprint density at radius 1 is 1.21 bits per heavy atom. The quantitative estimate of drug-likeness (QED) is 0.176. The van der Waals surface area contributed by atoms with Crippen LogP contribution in [0.15, 0.2) is 17.1 Å². The number of nitrogens with one attached hydrogen (secondary N) is 3. The van der Waals surface area contributed by atoms with Gasteiger partial charge < -0.3 is 24.8 Å². The molecule has 1 heterocycles. The lowest BCUT2D eigenvalue weighted by Crippen LogP contribution is -2.41. The molecule has 0 unspecified atom stereocenters. The van der Waals surface area contributed by atoms with Crippen LogP contribution in [0, 0.1) is 0 Å². The molecule has 0 radical (unpaired) electrons. The number of alkyl halides is 2. The van der Waals surface area contributed by atoms with Crippen LogP contribution < -0.4 is 29.6 Å². The average molecular weight is 550 g/mol. The van der Waals surface area contributed by atoms with Crippen molar-refractivity contribution < 1.29 is 31.4 Å². The first-order chi connectivity index (χ1) is 13.3. The first-order valence-corrected chi connectivity index (χ1v) is 10.4. The molecule has 166 valence electrons. The van der Waals surface area contributed by atoms with Crippen LogP contribution in [0.3, 0.4) is 0 Å². The van der Waals surface area contributed by atoms with E-state index in [2.05, 4.69) is 25.1 Å². The van der Waals surface area contributed by atoms with Gasteiger partial charge in [-0.3, -0.25) is 0 Å². The van der Waals surface area contributed by atoms with Gasteiger partial charge in [-0.05, 0) is 19.9 Å². The van der Waals surface area contributed by atoms with E-state index in [1.54, 1.807) is 13.0 Å². The first kappa shape index (κ1) is 25.4. The summed E-state index contributed by atoms with van der Waals surface area (Å²) in [5.41, 5.74) is 0.397. The van der Waals surface area contributed by atoms with Crippen molar-refractivity contribution in [2.24, 2.45) is 4.99 Å². The number of hydrogen-bond donors (Lipinski definition) is 3. The second kappa shape index (κ2) is 12.2. The van der Waals surface area contributed by atoms with Gasteiger partial charge in [0.1, 0.15) is 5.75 Å². The van der Waals surface area contributed by atoms with E-state index >= 15 is 0 Å². The van der Waals surface area contributed by atoms with Gasteiger partial charge in [0.25, 0.3) is 0 Å². The van der Waals surface area contributed by atoms with Gasteiger partial charge in [0, 0.05) is 31.3 Å². The summed E-state index contributed by atoms with van der Waals surface area (Å²) in [6.45, 7) is 1.52. The van der Waals surface area contributed by atoms with Crippen LogP contribution in [-0.2, 0) is 16.6 Å². The number of nitrogens with zero attached hydrogens (tertiary/aromatic N) is 1. The number of benzene rings is 1. The number of ether oxygens (including phenoxy) is 3. The van der Waals surface area contributed by atoms with Crippen molar-refractivity contribution in [1.29, 1.82) is 0 Å². The van der Waals surface area contributed by atoms with Crippen molar-refractivity contribution in [1.82, 2.24) is 15.4 Å². The molecule has 3 N–H and O–H groups in total. The minimum absolute atomic E-state index is 0. The molecule has 13 heteroatoms. The Morgan fingerprint density at radius 3 is 2.52 bits per heavy atom.